The van der Waals surface area contributed by atoms with Gasteiger partial charge in [-0.15, -0.1) is 18.0 Å². The zero-order chi connectivity index (χ0) is 79.8. The number of carbonyl (C=O) groups excluding carboxylic acids is 6. The van der Waals surface area contributed by atoms with Gasteiger partial charge in [-0.1, -0.05) is 267 Å². The van der Waals surface area contributed by atoms with E-state index >= 15 is 0 Å². The van der Waals surface area contributed by atoms with Crippen LogP contribution in [0, 0.1) is 71.7 Å². The van der Waals surface area contributed by atoms with Gasteiger partial charge in [0.25, 0.3) is 0 Å². The highest BCUT2D eigenvalue weighted by Crippen LogP contribution is 2.34. The number of esters is 6. The predicted octanol–water partition coefficient (Wildman–Crippen LogP) is 19.7. The first-order valence-electron chi connectivity index (χ1n) is 37.8. The Bertz CT molecular complexity index is 2900. The van der Waals surface area contributed by atoms with E-state index in [1.54, 1.807) is 29.2 Å². The Morgan fingerprint density at radius 1 is 0.477 bits per heavy atom. The van der Waals surface area contributed by atoms with Crippen molar-refractivity contribution in [3.05, 3.63) is 48.6 Å². The Balaban J connectivity index is -0.0000000805. The van der Waals surface area contributed by atoms with Crippen LogP contribution in [0.1, 0.15) is 265 Å². The standard InChI is InChI=1S/C29H54BrNO5.C15H24BrClO5.C14H7N.C13H21BrO3.C13H22O3.CH4.12H2/c1-5-7-9-10-11-12-13-14-15-16-18-23-31(3)24-28(33)36-26(21-17-8-6-2)29(34)25(30)20-19-22-27(32)35-4;1-3-4-5-8-12(22-14(19)10-17)15(20)11(16)7-6-9-13(18)21-2;1-4-5-6-7-8-9-10-11-12-13-14-15(2)3;1-3-4-5-8-11-13(17-11)10(14)7-6-9-12(15)16-2;1-3-4-5-8-11-12(16-11)9-6-7-10-13(14)15-2;;;;;;;;;;;;;/h19-20,25-26,29,34H,5-18,21-24H2,1-4H3;6-7,11-12,15,20H,3-5,8-10H2,1-2H3;1H,2-3H3;6-7,10-11,13H,3-5,8-9H2,1-2H3;6-7,11-12H,3-5,8-10H2,1-2H3;1H4;12*1H/b20-19+;7-6+;;2*7-6+;;;;;;;;;;;;;. The molecule has 0 aliphatic carbocycles. The Morgan fingerprint density at radius 3 is 1.27 bits per heavy atom. The summed E-state index contributed by atoms with van der Waals surface area (Å²) in [5.41, 5.74) is 0. The number of alkyl halides is 4. The van der Waals surface area contributed by atoms with Gasteiger partial charge in [0.2, 0.25) is 0 Å². The molecule has 22 heteroatoms. The maximum atomic E-state index is 12.6. The van der Waals surface area contributed by atoms with Crippen LogP contribution in [0.25, 0.3) is 0 Å². The third-order valence-electron chi connectivity index (χ3n) is 16.0. The molecule has 2 N–H and O–H groups in total. The molecule has 0 bridgehead atoms. The summed E-state index contributed by atoms with van der Waals surface area (Å²) >= 11 is 15.8. The summed E-state index contributed by atoms with van der Waals surface area (Å²) in [6.07, 6.45) is 50.8. The number of aliphatic hydroxyl groups is 2. The maximum Gasteiger partial charge on any atom is 0.321 e. The van der Waals surface area contributed by atoms with Gasteiger partial charge in [-0.05, 0) is 94.6 Å². The number of aliphatic hydroxyl groups excluding tert-OH is 2. The van der Waals surface area contributed by atoms with Crippen LogP contribution in [-0.2, 0) is 66.7 Å². The van der Waals surface area contributed by atoms with Crippen molar-refractivity contribution in [2.75, 3.05) is 68.6 Å². The Kier molecular flexibility index (Phi) is 77.8. The number of hydrogen-bond donors (Lipinski definition) is 2. The second-order valence-corrected chi connectivity index (χ2v) is 28.9. The van der Waals surface area contributed by atoms with E-state index in [9.17, 15) is 39.0 Å². The Hall–Kier alpha value is -5.53. The fourth-order valence-corrected chi connectivity index (χ4v) is 11.7. The topological polar surface area (TPSA) is 230 Å². The number of halogens is 4. The molecule has 2 saturated heterocycles. The van der Waals surface area contributed by atoms with E-state index in [2.05, 4.69) is 167 Å². The van der Waals surface area contributed by atoms with E-state index in [1.807, 2.05) is 50.3 Å². The summed E-state index contributed by atoms with van der Waals surface area (Å²) in [6.45, 7) is 11.9. The number of terminal acetylenes is 1. The number of nitrogens with zero attached hydrogens (tertiary/aromatic N) is 2. The van der Waals surface area contributed by atoms with Gasteiger partial charge in [-0.2, -0.15) is 0 Å². The van der Waals surface area contributed by atoms with Crippen molar-refractivity contribution in [3.63, 3.8) is 0 Å². The van der Waals surface area contributed by atoms with Gasteiger partial charge in [-0.3, -0.25) is 33.7 Å². The summed E-state index contributed by atoms with van der Waals surface area (Å²) < 4.78 is 40.3. The SMILES string of the molecule is C.C#CC#CC#CC#CC#CC#CN(C)C.CCCCCC(OC(=O)CCl)C(O)C(Br)/C=C/CC(=O)OC.CCCCCC1OC1C(Br)/C=C/CC(=O)OC.CCCCCC1OC1C/C=C/CC(=O)OC.CCCCCCCCCCCCCN(C)CC(=O)OC(CCCCC)C(O)C(Br)/C=C/CC(=O)OC.[HH].[HH].[HH].[HH].[HH].[HH].[HH].[HH].[HH].[HH].[HH].[HH]. The van der Waals surface area contributed by atoms with Crippen molar-refractivity contribution in [2.45, 2.75) is 311 Å². The first kappa shape index (κ1) is 108. The largest absolute Gasteiger partial charge is 0.469 e. The van der Waals surface area contributed by atoms with Gasteiger partial charge in [-0.25, -0.2) is 0 Å². The van der Waals surface area contributed by atoms with E-state index in [-0.39, 0.29) is 90.6 Å². The number of ether oxygens (including phenoxy) is 8. The summed E-state index contributed by atoms with van der Waals surface area (Å²) in [6, 6.07) is 2.73. The number of rotatable bonds is 51. The number of carbonyl (C=O) groups is 6. The van der Waals surface area contributed by atoms with E-state index in [4.69, 9.17) is 37.0 Å². The zero-order valence-electron chi connectivity index (χ0n) is 65.8. The zero-order valence-corrected chi connectivity index (χ0v) is 71.3. The van der Waals surface area contributed by atoms with Crippen molar-refractivity contribution < 1.29 is 94.0 Å². The first-order chi connectivity index (χ1) is 51.0. The smallest absolute Gasteiger partial charge is 0.321 e. The minimum absolute atomic E-state index is 0. The molecule has 0 aromatic rings. The van der Waals surface area contributed by atoms with Crippen LogP contribution in [0.15, 0.2) is 48.6 Å². The van der Waals surface area contributed by atoms with Gasteiger partial charge in [0.15, 0.2) is 0 Å². The van der Waals surface area contributed by atoms with Gasteiger partial charge in [0.05, 0.1) is 93.5 Å². The van der Waals surface area contributed by atoms with Crippen LogP contribution in [-0.4, -0.2) is 188 Å². The van der Waals surface area contributed by atoms with Crippen molar-refractivity contribution in [3.8, 4) is 71.7 Å². The van der Waals surface area contributed by atoms with Crippen molar-refractivity contribution in [2.24, 2.45) is 0 Å². The third kappa shape index (κ3) is 69.4. The van der Waals surface area contributed by atoms with Crippen LogP contribution >= 0.6 is 59.4 Å². The average Bonchev–Trinajstić information content (AvgIpc) is 1.68. The predicted molar refractivity (Wildman–Crippen MR) is 470 cm³/mol. The second-order valence-electron chi connectivity index (χ2n) is 25.5. The first-order valence-corrected chi connectivity index (χ1v) is 41.1. The molecule has 0 amide bonds. The quantitative estimate of drug-likeness (QED) is 0.00843. The number of unbranched alkanes of at least 4 members (excludes halogenated alkanes) is 18. The van der Waals surface area contributed by atoms with Crippen molar-refractivity contribution in [1.82, 2.24) is 9.80 Å². The molecule has 0 aromatic carbocycles. The highest BCUT2D eigenvalue weighted by Gasteiger charge is 2.42. The van der Waals surface area contributed by atoms with Gasteiger partial charge >= 0.3 is 35.8 Å². The lowest BCUT2D eigenvalue weighted by Gasteiger charge is -2.26. The second kappa shape index (κ2) is 77.2. The molecule has 2 rings (SSSR count). The highest BCUT2D eigenvalue weighted by molar-refractivity contribution is 9.10. The van der Waals surface area contributed by atoms with Crippen LogP contribution in [0.5, 0.6) is 0 Å². The molecule has 2 aliphatic heterocycles. The fourth-order valence-electron chi connectivity index (χ4n) is 9.81. The lowest BCUT2D eigenvalue weighted by Crippen LogP contribution is -2.39. The Labute approximate surface area is 694 Å². The summed E-state index contributed by atoms with van der Waals surface area (Å²) in [5.74, 6) is 22.3. The number of methoxy groups -OCH3 is 4. The Morgan fingerprint density at radius 2 is 0.850 bits per heavy atom. The average molecular weight is 1740 g/mol. The molecule has 0 spiro atoms. The molecule has 2 fully saturated rings. The van der Waals surface area contributed by atoms with Crippen LogP contribution in [0.3, 0.4) is 0 Å². The lowest BCUT2D eigenvalue weighted by atomic mass is 10.0. The third-order valence-corrected chi connectivity index (χ3v) is 18.8. The van der Waals surface area contributed by atoms with E-state index in [1.165, 1.54) is 138 Å². The summed E-state index contributed by atoms with van der Waals surface area (Å²) in [5, 5.41) is 21.1. The van der Waals surface area contributed by atoms with Crippen LogP contribution < -0.4 is 0 Å². The monoisotopic (exact) mass is 1730 g/mol. The van der Waals surface area contributed by atoms with Crippen LogP contribution in [0.4, 0.5) is 0 Å². The minimum Gasteiger partial charge on any atom is -0.469 e. The number of epoxide rings is 2. The van der Waals surface area contributed by atoms with E-state index in [0.29, 0.717) is 44.0 Å². The number of hydrogen-bond acceptors (Lipinski definition) is 18. The molecular weight excluding hydrogens is 1580 g/mol. The molecule has 107 heavy (non-hydrogen) atoms. The maximum absolute atomic E-state index is 12.6. The molecule has 11 unspecified atom stereocenters. The summed E-state index contributed by atoms with van der Waals surface area (Å²) in [7, 11) is 11.1. The van der Waals surface area contributed by atoms with Crippen molar-refractivity contribution in [1.29, 1.82) is 0 Å². The van der Waals surface area contributed by atoms with E-state index < -0.39 is 40.0 Å². The van der Waals surface area contributed by atoms with Gasteiger partial charge < -0.3 is 53.0 Å². The summed E-state index contributed by atoms with van der Waals surface area (Å²) in [4.78, 5) is 71.0. The normalized spacial score (nSPS) is 16.1. The molecule has 18 nitrogen and oxygen atoms in total. The van der Waals surface area contributed by atoms with Crippen molar-refractivity contribution >= 4 is 95.2 Å². The van der Waals surface area contributed by atoms with Gasteiger partial charge in [0.1, 0.15) is 36.4 Å². The lowest BCUT2D eigenvalue weighted by molar-refractivity contribution is -0.156. The minimum atomic E-state index is -0.919. The molecule has 2 aliphatic rings. The molecule has 2 heterocycles. The molecule has 0 radical (unpaired) electrons. The number of likely N-dealkylation sites (N-methyl/N-ethyl adjacent to an activating group) is 1. The molecule has 0 saturated carbocycles. The molecule has 0 aromatic heterocycles. The molecular formula is C85H156Br3ClN2O16. The molecule has 11 atom stereocenters. The highest BCUT2D eigenvalue weighted by atomic mass is 79.9. The van der Waals surface area contributed by atoms with Gasteiger partial charge in [0, 0.05) is 66.9 Å². The molecule has 630 valence electrons. The van der Waals surface area contributed by atoms with E-state index in [0.717, 1.165) is 64.3 Å². The fraction of sp³-hybridized carbons (Fsp3) is 0.694. The van der Waals surface area contributed by atoms with Crippen LogP contribution in [0.2, 0.25) is 0 Å².